The SMILES string of the molecule is COc1ccc(-n2cccc2/C=C(/C#N)C(=O)Nc2ccc(C)cc2C)cc1. The lowest BCUT2D eigenvalue weighted by atomic mass is 10.1. The highest BCUT2D eigenvalue weighted by Crippen LogP contribution is 2.20. The van der Waals surface area contributed by atoms with Gasteiger partial charge in [-0.1, -0.05) is 17.7 Å². The second kappa shape index (κ2) is 8.28. The molecule has 1 N–H and O–H groups in total. The lowest BCUT2D eigenvalue weighted by molar-refractivity contribution is -0.112. The molecule has 2 aromatic carbocycles. The van der Waals surface area contributed by atoms with Gasteiger partial charge in [-0.2, -0.15) is 5.26 Å². The summed E-state index contributed by atoms with van der Waals surface area (Å²) < 4.78 is 7.09. The monoisotopic (exact) mass is 371 g/mol. The normalized spacial score (nSPS) is 11.0. The van der Waals surface area contributed by atoms with Crippen molar-refractivity contribution in [2.24, 2.45) is 0 Å². The molecule has 0 fully saturated rings. The van der Waals surface area contributed by atoms with Crippen LogP contribution in [0.4, 0.5) is 5.69 Å². The third-order valence-corrected chi connectivity index (χ3v) is 4.42. The third kappa shape index (κ3) is 4.13. The van der Waals surface area contributed by atoms with Crippen molar-refractivity contribution < 1.29 is 9.53 Å². The summed E-state index contributed by atoms with van der Waals surface area (Å²) in [5, 5.41) is 12.3. The molecule has 0 saturated carbocycles. The zero-order chi connectivity index (χ0) is 20.1. The summed E-state index contributed by atoms with van der Waals surface area (Å²) >= 11 is 0. The van der Waals surface area contributed by atoms with E-state index >= 15 is 0 Å². The summed E-state index contributed by atoms with van der Waals surface area (Å²) in [7, 11) is 1.62. The molecular formula is C23H21N3O2. The number of aryl methyl sites for hydroxylation is 2. The van der Waals surface area contributed by atoms with Crippen LogP contribution in [0.15, 0.2) is 66.4 Å². The van der Waals surface area contributed by atoms with Gasteiger partial charge in [-0.05, 0) is 68.0 Å². The molecule has 0 spiro atoms. The first-order chi connectivity index (χ1) is 13.5. The zero-order valence-corrected chi connectivity index (χ0v) is 16.1. The number of nitriles is 1. The summed E-state index contributed by atoms with van der Waals surface area (Å²) in [4.78, 5) is 12.6. The molecule has 0 saturated heterocycles. The number of nitrogens with one attached hydrogen (secondary N) is 1. The van der Waals surface area contributed by atoms with Crippen LogP contribution in [0.5, 0.6) is 5.75 Å². The maximum absolute atomic E-state index is 12.6. The van der Waals surface area contributed by atoms with E-state index in [4.69, 9.17) is 4.74 Å². The van der Waals surface area contributed by atoms with Gasteiger partial charge in [0.1, 0.15) is 17.4 Å². The highest BCUT2D eigenvalue weighted by molar-refractivity contribution is 6.09. The van der Waals surface area contributed by atoms with Gasteiger partial charge in [-0.3, -0.25) is 4.79 Å². The molecule has 5 heteroatoms. The van der Waals surface area contributed by atoms with Crippen LogP contribution >= 0.6 is 0 Å². The number of hydrogen-bond acceptors (Lipinski definition) is 3. The Morgan fingerprint density at radius 1 is 1.14 bits per heavy atom. The predicted octanol–water partition coefficient (Wildman–Crippen LogP) is 4.65. The minimum Gasteiger partial charge on any atom is -0.497 e. The number of ether oxygens (including phenoxy) is 1. The minimum atomic E-state index is -0.433. The Kier molecular flexibility index (Phi) is 5.61. The van der Waals surface area contributed by atoms with Crippen molar-refractivity contribution in [3.8, 4) is 17.5 Å². The number of amides is 1. The van der Waals surface area contributed by atoms with Crippen LogP contribution in [0.1, 0.15) is 16.8 Å². The third-order valence-electron chi connectivity index (χ3n) is 4.42. The summed E-state index contributed by atoms with van der Waals surface area (Å²) in [5.41, 5.74) is 4.44. The number of nitrogens with zero attached hydrogens (tertiary/aromatic N) is 2. The molecule has 140 valence electrons. The van der Waals surface area contributed by atoms with Crippen molar-refractivity contribution in [1.82, 2.24) is 4.57 Å². The van der Waals surface area contributed by atoms with Crippen molar-refractivity contribution in [2.45, 2.75) is 13.8 Å². The van der Waals surface area contributed by atoms with E-state index in [0.29, 0.717) is 5.69 Å². The van der Waals surface area contributed by atoms with Gasteiger partial charge >= 0.3 is 0 Å². The van der Waals surface area contributed by atoms with E-state index in [1.807, 2.05) is 85.3 Å². The number of aromatic nitrogens is 1. The molecule has 0 aliphatic carbocycles. The Balaban J connectivity index is 1.88. The summed E-state index contributed by atoms with van der Waals surface area (Å²) in [5.74, 6) is 0.329. The predicted molar refractivity (Wildman–Crippen MR) is 110 cm³/mol. The Hall–Kier alpha value is -3.78. The quantitative estimate of drug-likeness (QED) is 0.524. The van der Waals surface area contributed by atoms with Gasteiger partial charge in [0.15, 0.2) is 0 Å². The molecule has 0 atom stereocenters. The number of hydrogen-bond donors (Lipinski definition) is 1. The highest BCUT2D eigenvalue weighted by Gasteiger charge is 2.12. The molecule has 0 aliphatic rings. The van der Waals surface area contributed by atoms with Crippen LogP contribution in [0.25, 0.3) is 11.8 Å². The van der Waals surface area contributed by atoms with Crippen molar-refractivity contribution in [1.29, 1.82) is 5.26 Å². The van der Waals surface area contributed by atoms with E-state index in [1.165, 1.54) is 0 Å². The fourth-order valence-corrected chi connectivity index (χ4v) is 2.93. The Morgan fingerprint density at radius 2 is 1.89 bits per heavy atom. The van der Waals surface area contributed by atoms with E-state index in [-0.39, 0.29) is 5.57 Å². The van der Waals surface area contributed by atoms with Gasteiger partial charge in [0, 0.05) is 23.3 Å². The van der Waals surface area contributed by atoms with Crippen LogP contribution in [0.3, 0.4) is 0 Å². The summed E-state index contributed by atoms with van der Waals surface area (Å²) in [6, 6.07) is 19.0. The van der Waals surface area contributed by atoms with Crippen LogP contribution in [0.2, 0.25) is 0 Å². The van der Waals surface area contributed by atoms with Crippen LogP contribution in [-0.2, 0) is 4.79 Å². The maximum Gasteiger partial charge on any atom is 0.266 e. The molecule has 0 unspecified atom stereocenters. The largest absolute Gasteiger partial charge is 0.497 e. The van der Waals surface area contributed by atoms with Crippen molar-refractivity contribution >= 4 is 17.7 Å². The van der Waals surface area contributed by atoms with Gasteiger partial charge in [-0.25, -0.2) is 0 Å². The van der Waals surface area contributed by atoms with Crippen LogP contribution in [0, 0.1) is 25.2 Å². The van der Waals surface area contributed by atoms with Crippen LogP contribution < -0.4 is 10.1 Å². The Labute approximate surface area is 164 Å². The second-order valence-corrected chi connectivity index (χ2v) is 6.44. The number of methoxy groups -OCH3 is 1. The molecule has 1 amide bonds. The topological polar surface area (TPSA) is 67.0 Å². The van der Waals surface area contributed by atoms with Gasteiger partial charge in [0.2, 0.25) is 0 Å². The molecule has 3 rings (SSSR count). The average Bonchev–Trinajstić information content (AvgIpc) is 3.16. The first-order valence-electron chi connectivity index (χ1n) is 8.84. The summed E-state index contributed by atoms with van der Waals surface area (Å²) in [6.07, 6.45) is 3.47. The lowest BCUT2D eigenvalue weighted by Gasteiger charge is -2.10. The summed E-state index contributed by atoms with van der Waals surface area (Å²) in [6.45, 7) is 3.92. The molecule has 0 radical (unpaired) electrons. The fourth-order valence-electron chi connectivity index (χ4n) is 2.93. The molecule has 1 aromatic heterocycles. The molecule has 3 aromatic rings. The van der Waals surface area contributed by atoms with Crippen molar-refractivity contribution in [3.63, 3.8) is 0 Å². The van der Waals surface area contributed by atoms with Gasteiger partial charge in [0.05, 0.1) is 7.11 Å². The van der Waals surface area contributed by atoms with Crippen molar-refractivity contribution in [3.05, 3.63) is 83.2 Å². The first kappa shape index (κ1) is 19.0. The van der Waals surface area contributed by atoms with E-state index in [2.05, 4.69) is 5.32 Å². The number of rotatable bonds is 5. The molecular weight excluding hydrogens is 350 g/mol. The Bertz CT molecular complexity index is 1070. The van der Waals surface area contributed by atoms with E-state index in [9.17, 15) is 10.1 Å². The van der Waals surface area contributed by atoms with E-state index < -0.39 is 5.91 Å². The first-order valence-corrected chi connectivity index (χ1v) is 8.84. The standard InChI is InChI=1S/C23H21N3O2/c1-16-6-11-22(17(2)13-16)25-23(27)18(15-24)14-20-5-4-12-26(20)19-7-9-21(28-3)10-8-19/h4-14H,1-3H3,(H,25,27)/b18-14-. The van der Waals surface area contributed by atoms with Crippen LogP contribution in [-0.4, -0.2) is 17.6 Å². The Morgan fingerprint density at radius 3 is 2.54 bits per heavy atom. The van der Waals surface area contributed by atoms with E-state index in [1.54, 1.807) is 13.2 Å². The fraction of sp³-hybridized carbons (Fsp3) is 0.130. The van der Waals surface area contributed by atoms with E-state index in [0.717, 1.165) is 28.3 Å². The number of carbonyl (C=O) groups is 1. The smallest absolute Gasteiger partial charge is 0.266 e. The molecule has 5 nitrogen and oxygen atoms in total. The lowest BCUT2D eigenvalue weighted by Crippen LogP contribution is -2.14. The average molecular weight is 371 g/mol. The minimum absolute atomic E-state index is 0.0356. The molecule has 0 bridgehead atoms. The molecule has 28 heavy (non-hydrogen) atoms. The number of anilines is 1. The van der Waals surface area contributed by atoms with Crippen molar-refractivity contribution in [2.75, 3.05) is 12.4 Å². The van der Waals surface area contributed by atoms with Gasteiger partial charge in [0.25, 0.3) is 5.91 Å². The molecule has 0 aliphatic heterocycles. The number of carbonyl (C=O) groups excluding carboxylic acids is 1. The zero-order valence-electron chi connectivity index (χ0n) is 16.1. The molecule has 1 heterocycles. The highest BCUT2D eigenvalue weighted by atomic mass is 16.5. The number of benzene rings is 2. The maximum atomic E-state index is 12.6. The van der Waals surface area contributed by atoms with Gasteiger partial charge in [-0.15, -0.1) is 0 Å². The van der Waals surface area contributed by atoms with Gasteiger partial charge < -0.3 is 14.6 Å². The second-order valence-electron chi connectivity index (χ2n) is 6.44.